The minimum atomic E-state index is -4.98. The zero-order chi connectivity index (χ0) is 15.6. The summed E-state index contributed by atoms with van der Waals surface area (Å²) < 4.78 is 36.7. The highest BCUT2D eigenvalue weighted by Gasteiger charge is 2.39. The minimum absolute atomic E-state index is 0.234. The Morgan fingerprint density at radius 3 is 2.40 bits per heavy atom. The molecule has 0 atom stereocenters. The second-order valence-electron chi connectivity index (χ2n) is 5.20. The monoisotopic (exact) mass is 301 g/mol. The fourth-order valence-corrected chi connectivity index (χ4v) is 1.62. The zero-order valence-electron chi connectivity index (χ0n) is 11.5. The lowest BCUT2D eigenvalue weighted by Crippen LogP contribution is -2.30. The lowest BCUT2D eigenvalue weighted by molar-refractivity contribution is -0.167. The van der Waals surface area contributed by atoms with E-state index in [2.05, 4.69) is 21.7 Å². The van der Waals surface area contributed by atoms with Gasteiger partial charge in [-0.2, -0.15) is 18.3 Å². The molecule has 0 unspecified atom stereocenters. The van der Waals surface area contributed by atoms with Crippen LogP contribution in [0.15, 0.2) is 6.07 Å². The quantitative estimate of drug-likeness (QED) is 0.640. The molecule has 0 saturated heterocycles. The van der Waals surface area contributed by atoms with Crippen molar-refractivity contribution in [3.8, 4) is 11.5 Å². The van der Waals surface area contributed by atoms with Crippen molar-refractivity contribution in [2.24, 2.45) is 0 Å². The molecular formula is C12H14F3N3OSi. The molecule has 4 nitrogen and oxygen atoms in total. The summed E-state index contributed by atoms with van der Waals surface area (Å²) in [6.45, 7) is 7.63. The van der Waals surface area contributed by atoms with Gasteiger partial charge in [0.05, 0.1) is 11.3 Å². The third-order valence-corrected chi connectivity index (χ3v) is 2.85. The molecule has 0 bridgehead atoms. The van der Waals surface area contributed by atoms with E-state index in [-0.39, 0.29) is 11.4 Å². The highest BCUT2D eigenvalue weighted by Crippen LogP contribution is 2.19. The van der Waals surface area contributed by atoms with Crippen molar-refractivity contribution in [2.75, 3.05) is 5.32 Å². The predicted octanol–water partition coefficient (Wildman–Crippen LogP) is 2.51. The summed E-state index contributed by atoms with van der Waals surface area (Å²) in [5.74, 6) is 0.413. The van der Waals surface area contributed by atoms with Crippen molar-refractivity contribution >= 4 is 19.8 Å². The van der Waals surface area contributed by atoms with Gasteiger partial charge in [0.2, 0.25) is 0 Å². The molecule has 0 aliphatic rings. The second kappa shape index (κ2) is 5.62. The van der Waals surface area contributed by atoms with Gasteiger partial charge in [-0.3, -0.25) is 4.79 Å². The lowest BCUT2D eigenvalue weighted by atomic mass is 10.2. The average Bonchev–Trinajstić information content (AvgIpc) is 2.27. The first-order chi connectivity index (χ1) is 8.99. The summed E-state index contributed by atoms with van der Waals surface area (Å²) >= 11 is 0. The Morgan fingerprint density at radius 2 is 1.90 bits per heavy atom. The van der Waals surface area contributed by atoms with Crippen molar-refractivity contribution in [2.45, 2.75) is 32.7 Å². The first-order valence-electron chi connectivity index (χ1n) is 5.75. The van der Waals surface area contributed by atoms with Crippen LogP contribution in [0.2, 0.25) is 19.6 Å². The van der Waals surface area contributed by atoms with E-state index in [1.54, 1.807) is 12.2 Å². The standard InChI is InChI=1S/C12H14F3N3OSi/c1-8-7-9(5-6-20(2,3)4)10(18-17-8)16-11(19)12(13,14)15/h7H,1-4H3,(H,16,18,19). The van der Waals surface area contributed by atoms with E-state index in [1.807, 2.05) is 19.6 Å². The molecule has 1 aromatic rings. The largest absolute Gasteiger partial charge is 0.471 e. The van der Waals surface area contributed by atoms with Crippen molar-refractivity contribution in [1.29, 1.82) is 0 Å². The van der Waals surface area contributed by atoms with Gasteiger partial charge >= 0.3 is 12.1 Å². The van der Waals surface area contributed by atoms with Gasteiger partial charge in [0.15, 0.2) is 5.82 Å². The van der Waals surface area contributed by atoms with E-state index in [4.69, 9.17) is 0 Å². The van der Waals surface area contributed by atoms with Gasteiger partial charge in [0, 0.05) is 0 Å². The van der Waals surface area contributed by atoms with Gasteiger partial charge in [0.25, 0.3) is 0 Å². The lowest BCUT2D eigenvalue weighted by Gasteiger charge is -2.09. The summed E-state index contributed by atoms with van der Waals surface area (Å²) in [4.78, 5) is 10.9. The molecule has 0 aliphatic heterocycles. The van der Waals surface area contributed by atoms with Crippen LogP contribution in [0.4, 0.5) is 19.0 Å². The number of halogens is 3. The maximum Gasteiger partial charge on any atom is 0.471 e. The van der Waals surface area contributed by atoms with E-state index in [1.165, 1.54) is 6.07 Å². The summed E-state index contributed by atoms with van der Waals surface area (Å²) in [7, 11) is -1.70. The van der Waals surface area contributed by atoms with Crippen LogP contribution in [0.1, 0.15) is 11.3 Å². The molecule has 0 saturated carbocycles. The van der Waals surface area contributed by atoms with Gasteiger partial charge in [-0.1, -0.05) is 25.6 Å². The molecule has 0 aromatic carbocycles. The Kier molecular flexibility index (Phi) is 4.55. The SMILES string of the molecule is Cc1cc(C#C[Si](C)(C)C)c(NC(=O)C(F)(F)F)nn1. The van der Waals surface area contributed by atoms with Crippen molar-refractivity contribution in [3.05, 3.63) is 17.3 Å². The number of alkyl halides is 3. The van der Waals surface area contributed by atoms with Gasteiger partial charge in [-0.25, -0.2) is 0 Å². The van der Waals surface area contributed by atoms with Crippen LogP contribution in [0.3, 0.4) is 0 Å². The molecular weight excluding hydrogens is 287 g/mol. The van der Waals surface area contributed by atoms with Gasteiger partial charge < -0.3 is 5.32 Å². The van der Waals surface area contributed by atoms with Gasteiger partial charge in [-0.15, -0.1) is 10.6 Å². The second-order valence-corrected chi connectivity index (χ2v) is 9.95. The number of anilines is 1. The van der Waals surface area contributed by atoms with Crippen molar-refractivity contribution in [3.63, 3.8) is 0 Å². The number of carbonyl (C=O) groups excluding carboxylic acids is 1. The fourth-order valence-electron chi connectivity index (χ4n) is 1.11. The highest BCUT2D eigenvalue weighted by molar-refractivity contribution is 6.83. The molecule has 1 rings (SSSR count). The topological polar surface area (TPSA) is 54.9 Å². The minimum Gasteiger partial charge on any atom is -0.300 e. The number of hydrogen-bond donors (Lipinski definition) is 1. The number of carbonyl (C=O) groups is 1. The maximum absolute atomic E-state index is 12.2. The third-order valence-electron chi connectivity index (χ3n) is 1.98. The predicted molar refractivity (Wildman–Crippen MR) is 71.7 cm³/mol. The normalized spacial score (nSPS) is 11.6. The summed E-state index contributed by atoms with van der Waals surface area (Å²) in [5.41, 5.74) is 3.75. The first kappa shape index (κ1) is 16.2. The molecule has 8 heteroatoms. The fraction of sp³-hybridized carbons (Fsp3) is 0.417. The van der Waals surface area contributed by atoms with Crippen LogP contribution in [0, 0.1) is 18.4 Å². The molecule has 20 heavy (non-hydrogen) atoms. The van der Waals surface area contributed by atoms with Crippen LogP contribution in [0.25, 0.3) is 0 Å². The van der Waals surface area contributed by atoms with Crippen LogP contribution in [0.5, 0.6) is 0 Å². The molecule has 1 heterocycles. The van der Waals surface area contributed by atoms with Crippen LogP contribution in [-0.2, 0) is 4.79 Å². The number of hydrogen-bond acceptors (Lipinski definition) is 3. The van der Waals surface area contributed by atoms with Gasteiger partial charge in [-0.05, 0) is 13.0 Å². The molecule has 1 N–H and O–H groups in total. The molecule has 1 aromatic heterocycles. The van der Waals surface area contributed by atoms with E-state index in [0.29, 0.717) is 5.69 Å². The summed E-state index contributed by atoms with van der Waals surface area (Å²) in [5, 5.41) is 8.88. The van der Waals surface area contributed by atoms with Crippen molar-refractivity contribution in [1.82, 2.24) is 10.2 Å². The van der Waals surface area contributed by atoms with E-state index < -0.39 is 20.2 Å². The van der Waals surface area contributed by atoms with E-state index >= 15 is 0 Å². The van der Waals surface area contributed by atoms with Crippen LogP contribution < -0.4 is 5.32 Å². The zero-order valence-corrected chi connectivity index (χ0v) is 12.5. The van der Waals surface area contributed by atoms with E-state index in [0.717, 1.165) is 0 Å². The summed E-state index contributed by atoms with van der Waals surface area (Å²) in [6, 6.07) is 1.49. The molecule has 0 spiro atoms. The van der Waals surface area contributed by atoms with Crippen LogP contribution in [-0.4, -0.2) is 30.4 Å². The molecule has 1 amide bonds. The number of amides is 1. The molecule has 108 valence electrons. The number of nitrogens with zero attached hydrogens (tertiary/aromatic N) is 2. The number of nitrogens with one attached hydrogen (secondary N) is 1. The first-order valence-corrected chi connectivity index (χ1v) is 9.25. The third kappa shape index (κ3) is 5.01. The Labute approximate surface area is 115 Å². The Hall–Kier alpha value is -1.88. The number of aryl methyl sites for hydroxylation is 1. The maximum atomic E-state index is 12.2. The van der Waals surface area contributed by atoms with Crippen molar-refractivity contribution < 1.29 is 18.0 Å². The van der Waals surface area contributed by atoms with Crippen LogP contribution >= 0.6 is 0 Å². The Bertz CT molecular complexity index is 582. The molecule has 0 radical (unpaired) electrons. The average molecular weight is 301 g/mol. The summed E-state index contributed by atoms with van der Waals surface area (Å²) in [6.07, 6.45) is -4.98. The highest BCUT2D eigenvalue weighted by atomic mass is 28.3. The number of rotatable bonds is 1. The van der Waals surface area contributed by atoms with E-state index in [9.17, 15) is 18.0 Å². The molecule has 0 fully saturated rings. The van der Waals surface area contributed by atoms with Gasteiger partial charge in [0.1, 0.15) is 8.07 Å². The number of aromatic nitrogens is 2. The smallest absolute Gasteiger partial charge is 0.300 e. The Balaban J connectivity index is 3.14. The molecule has 0 aliphatic carbocycles. The Morgan fingerprint density at radius 1 is 1.30 bits per heavy atom.